The van der Waals surface area contributed by atoms with E-state index in [9.17, 15) is 0 Å². The molecule has 3 heteroatoms. The summed E-state index contributed by atoms with van der Waals surface area (Å²) in [7, 11) is 0. The number of aromatic nitrogens is 3. The molecule has 0 spiro atoms. The van der Waals surface area contributed by atoms with Crippen LogP contribution in [0.1, 0.15) is 25.0 Å². The van der Waals surface area contributed by atoms with Crippen molar-refractivity contribution in [2.75, 3.05) is 0 Å². The van der Waals surface area contributed by atoms with Crippen LogP contribution in [0.5, 0.6) is 0 Å². The zero-order valence-electron chi connectivity index (χ0n) is 28.4. The molecule has 9 aromatic rings. The van der Waals surface area contributed by atoms with Gasteiger partial charge in [0.15, 0.2) is 17.5 Å². The molecule has 0 bridgehead atoms. The van der Waals surface area contributed by atoms with Crippen LogP contribution in [0.2, 0.25) is 0 Å². The van der Waals surface area contributed by atoms with Crippen LogP contribution in [0.3, 0.4) is 0 Å². The normalized spacial score (nSPS) is 13.1. The Morgan fingerprint density at radius 2 is 0.804 bits per heavy atom. The molecular formula is C48H33N3. The van der Waals surface area contributed by atoms with Crippen LogP contribution >= 0.6 is 0 Å². The molecule has 10 rings (SSSR count). The van der Waals surface area contributed by atoms with Gasteiger partial charge in [-0.15, -0.1) is 0 Å². The third kappa shape index (κ3) is 4.62. The van der Waals surface area contributed by atoms with Crippen molar-refractivity contribution >= 4 is 32.3 Å². The van der Waals surface area contributed by atoms with Crippen LogP contribution < -0.4 is 0 Å². The summed E-state index contributed by atoms with van der Waals surface area (Å²) in [6, 6.07) is 58.3. The first-order valence-electron chi connectivity index (χ1n) is 17.5. The molecular weight excluding hydrogens is 619 g/mol. The van der Waals surface area contributed by atoms with Crippen molar-refractivity contribution in [2.45, 2.75) is 19.3 Å². The molecule has 3 nitrogen and oxygen atoms in total. The van der Waals surface area contributed by atoms with E-state index in [4.69, 9.17) is 15.0 Å². The molecule has 0 unspecified atom stereocenters. The average Bonchev–Trinajstić information content (AvgIpc) is 3.44. The number of rotatable bonds is 4. The van der Waals surface area contributed by atoms with E-state index >= 15 is 0 Å². The second-order valence-electron chi connectivity index (χ2n) is 14.0. The first-order chi connectivity index (χ1) is 25.0. The molecule has 1 aliphatic carbocycles. The molecule has 1 heterocycles. The number of hydrogen-bond acceptors (Lipinski definition) is 3. The van der Waals surface area contributed by atoms with Gasteiger partial charge >= 0.3 is 0 Å². The Kier molecular flexibility index (Phi) is 6.53. The van der Waals surface area contributed by atoms with E-state index in [0.29, 0.717) is 17.5 Å². The predicted octanol–water partition coefficient (Wildman–Crippen LogP) is 12.3. The standard InChI is InChI=1S/C48H33N3/c1-48(2)43-25-11-10-22-40(43)41-24-13-23-34(44(41)48)31-16-12-17-32(28-31)46-49-45(30-14-4-3-5-15-30)50-47(51-46)33-26-27-39-37-20-7-6-18-35(37)36-19-8-9-21-38(36)42(39)29-33/h3-29H,1-2H3. The second kappa shape index (κ2) is 11.3. The van der Waals surface area contributed by atoms with Crippen LogP contribution in [0.25, 0.3) is 88.7 Å². The zero-order chi connectivity index (χ0) is 34.1. The first kappa shape index (κ1) is 29.5. The van der Waals surface area contributed by atoms with Crippen molar-refractivity contribution in [1.29, 1.82) is 0 Å². The molecule has 0 aliphatic heterocycles. The lowest BCUT2D eigenvalue weighted by Crippen LogP contribution is -2.16. The number of benzene rings is 8. The van der Waals surface area contributed by atoms with Gasteiger partial charge in [0.2, 0.25) is 0 Å². The van der Waals surface area contributed by atoms with Gasteiger partial charge in [0, 0.05) is 22.1 Å². The number of hydrogen-bond donors (Lipinski definition) is 0. The minimum absolute atomic E-state index is 0.120. The Bertz CT molecular complexity index is 2800. The highest BCUT2D eigenvalue weighted by molar-refractivity contribution is 6.25. The van der Waals surface area contributed by atoms with Crippen LogP contribution in [-0.4, -0.2) is 15.0 Å². The quantitative estimate of drug-likeness (QED) is 0.178. The zero-order valence-corrected chi connectivity index (χ0v) is 28.4. The smallest absolute Gasteiger partial charge is 0.164 e. The molecule has 0 amide bonds. The minimum Gasteiger partial charge on any atom is -0.208 e. The molecule has 0 saturated carbocycles. The molecule has 1 aromatic heterocycles. The molecule has 0 radical (unpaired) electrons. The van der Waals surface area contributed by atoms with Gasteiger partial charge in [-0.1, -0.05) is 166 Å². The van der Waals surface area contributed by atoms with Gasteiger partial charge < -0.3 is 0 Å². The van der Waals surface area contributed by atoms with E-state index in [2.05, 4.69) is 159 Å². The molecule has 51 heavy (non-hydrogen) atoms. The van der Waals surface area contributed by atoms with Crippen molar-refractivity contribution < 1.29 is 0 Å². The van der Waals surface area contributed by atoms with Gasteiger partial charge in [0.25, 0.3) is 0 Å². The maximum Gasteiger partial charge on any atom is 0.164 e. The fraction of sp³-hybridized carbons (Fsp3) is 0.0625. The fourth-order valence-electron chi connectivity index (χ4n) is 8.31. The van der Waals surface area contributed by atoms with Gasteiger partial charge in [-0.25, -0.2) is 15.0 Å². The van der Waals surface area contributed by atoms with E-state index in [1.54, 1.807) is 0 Å². The topological polar surface area (TPSA) is 38.7 Å². The summed E-state index contributed by atoms with van der Waals surface area (Å²) in [5, 5.41) is 7.38. The van der Waals surface area contributed by atoms with Crippen molar-refractivity contribution in [3.8, 4) is 56.4 Å². The van der Waals surface area contributed by atoms with Gasteiger partial charge in [-0.2, -0.15) is 0 Å². The predicted molar refractivity (Wildman–Crippen MR) is 212 cm³/mol. The van der Waals surface area contributed by atoms with Crippen molar-refractivity contribution in [3.63, 3.8) is 0 Å². The van der Waals surface area contributed by atoms with Gasteiger partial charge in [0.05, 0.1) is 0 Å². The summed E-state index contributed by atoms with van der Waals surface area (Å²) in [4.78, 5) is 15.4. The Morgan fingerprint density at radius 3 is 1.51 bits per heavy atom. The summed E-state index contributed by atoms with van der Waals surface area (Å²) in [5.74, 6) is 1.96. The van der Waals surface area contributed by atoms with E-state index in [-0.39, 0.29) is 5.41 Å². The summed E-state index contributed by atoms with van der Waals surface area (Å²) < 4.78 is 0. The van der Waals surface area contributed by atoms with Gasteiger partial charge in [0.1, 0.15) is 0 Å². The fourth-order valence-corrected chi connectivity index (χ4v) is 8.31. The molecule has 0 saturated heterocycles. The number of nitrogens with zero attached hydrogens (tertiary/aromatic N) is 3. The molecule has 0 fully saturated rings. The van der Waals surface area contributed by atoms with Crippen LogP contribution in [-0.2, 0) is 5.41 Å². The minimum atomic E-state index is -0.120. The average molecular weight is 652 g/mol. The van der Waals surface area contributed by atoms with Crippen LogP contribution in [0.4, 0.5) is 0 Å². The summed E-state index contributed by atoms with van der Waals surface area (Å²) in [6.45, 7) is 4.68. The molecule has 240 valence electrons. The van der Waals surface area contributed by atoms with Crippen molar-refractivity contribution in [2.24, 2.45) is 0 Å². The van der Waals surface area contributed by atoms with Crippen molar-refractivity contribution in [3.05, 3.63) is 175 Å². The van der Waals surface area contributed by atoms with Crippen LogP contribution in [0, 0.1) is 0 Å². The highest BCUT2D eigenvalue weighted by Crippen LogP contribution is 2.52. The Morgan fingerprint density at radius 1 is 0.333 bits per heavy atom. The monoisotopic (exact) mass is 651 g/mol. The van der Waals surface area contributed by atoms with Crippen molar-refractivity contribution in [1.82, 2.24) is 15.0 Å². The van der Waals surface area contributed by atoms with E-state index < -0.39 is 0 Å². The van der Waals surface area contributed by atoms with E-state index in [0.717, 1.165) is 22.3 Å². The van der Waals surface area contributed by atoms with Gasteiger partial charge in [-0.05, 0) is 77.8 Å². The lowest BCUT2D eigenvalue weighted by molar-refractivity contribution is 0.662. The maximum atomic E-state index is 5.19. The summed E-state index contributed by atoms with van der Waals surface area (Å²) >= 11 is 0. The van der Waals surface area contributed by atoms with E-state index in [1.165, 1.54) is 60.1 Å². The van der Waals surface area contributed by atoms with Crippen LogP contribution in [0.15, 0.2) is 164 Å². The molecule has 0 N–H and O–H groups in total. The van der Waals surface area contributed by atoms with E-state index in [1.807, 2.05) is 18.2 Å². The summed E-state index contributed by atoms with van der Waals surface area (Å²) in [5.41, 5.74) is 10.5. The second-order valence-corrected chi connectivity index (χ2v) is 14.0. The Hall–Kier alpha value is -6.45. The van der Waals surface area contributed by atoms with Gasteiger partial charge in [-0.3, -0.25) is 0 Å². The highest BCUT2D eigenvalue weighted by Gasteiger charge is 2.37. The third-order valence-electron chi connectivity index (χ3n) is 10.7. The molecule has 1 aliphatic rings. The highest BCUT2D eigenvalue weighted by atomic mass is 15.0. The summed E-state index contributed by atoms with van der Waals surface area (Å²) in [6.07, 6.45) is 0. The Labute approximate surface area is 297 Å². The maximum absolute atomic E-state index is 5.19. The molecule has 0 atom stereocenters. The Balaban J connectivity index is 1.16. The molecule has 8 aromatic carbocycles. The first-order valence-corrected chi connectivity index (χ1v) is 17.5. The number of fused-ring (bicyclic) bond motifs is 9. The lowest BCUT2D eigenvalue weighted by Gasteiger charge is -2.24. The third-order valence-corrected chi connectivity index (χ3v) is 10.7. The lowest BCUT2D eigenvalue weighted by atomic mass is 9.79. The largest absolute Gasteiger partial charge is 0.208 e. The SMILES string of the molecule is CC1(C)c2ccccc2-c2cccc(-c3cccc(-c4nc(-c5ccccc5)nc(-c5ccc6c7ccccc7c7ccccc7c6c5)n4)c3)c21.